The van der Waals surface area contributed by atoms with Crippen LogP contribution < -0.4 is 0 Å². The molecule has 0 N–H and O–H groups in total. The van der Waals surface area contributed by atoms with Crippen LogP contribution in [0.25, 0.3) is 0 Å². The highest BCUT2D eigenvalue weighted by Crippen LogP contribution is 2.18. The average molecular weight is 411 g/mol. The summed E-state index contributed by atoms with van der Waals surface area (Å²) < 4.78 is 31.2. The first-order chi connectivity index (χ1) is 13.4. The molecule has 0 saturated carbocycles. The molecule has 2 saturated heterocycles. The second-order valence-electron chi connectivity index (χ2n) is 7.97. The standard InChI is InChI=1S/C20H34N4O3S/c1-18-9-10-19(2)24(18)15-6-8-20(25)21-11-7-14-23(17-16-21)28(26,27)22-12-4-3-5-13-22/h9-10H,3-8,11-17H2,1-2H3. The zero-order chi connectivity index (χ0) is 20.1. The second-order valence-corrected chi connectivity index (χ2v) is 9.90. The average Bonchev–Trinajstić information content (AvgIpc) is 2.90. The fourth-order valence-corrected chi connectivity index (χ4v) is 5.95. The van der Waals surface area contributed by atoms with Crippen molar-refractivity contribution in [2.45, 2.75) is 58.9 Å². The Kier molecular flexibility index (Phi) is 7.17. The van der Waals surface area contributed by atoms with Crippen LogP contribution in [0.4, 0.5) is 0 Å². The van der Waals surface area contributed by atoms with Crippen LogP contribution in [0.5, 0.6) is 0 Å². The van der Waals surface area contributed by atoms with Gasteiger partial charge in [-0.15, -0.1) is 0 Å². The Morgan fingerprint density at radius 3 is 2.14 bits per heavy atom. The first kappa shape index (κ1) is 21.3. The van der Waals surface area contributed by atoms with Crippen molar-refractivity contribution in [3.63, 3.8) is 0 Å². The molecule has 0 unspecified atom stereocenters. The van der Waals surface area contributed by atoms with Gasteiger partial charge < -0.3 is 9.47 Å². The minimum atomic E-state index is -3.39. The van der Waals surface area contributed by atoms with E-state index in [1.165, 1.54) is 11.4 Å². The van der Waals surface area contributed by atoms with E-state index in [0.29, 0.717) is 52.1 Å². The van der Waals surface area contributed by atoms with Gasteiger partial charge in [-0.2, -0.15) is 17.0 Å². The number of carbonyl (C=O) groups is 1. The van der Waals surface area contributed by atoms with Crippen LogP contribution in [0.3, 0.4) is 0 Å². The third-order valence-electron chi connectivity index (χ3n) is 5.96. The molecule has 2 aliphatic heterocycles. The van der Waals surface area contributed by atoms with Crippen LogP contribution in [0.15, 0.2) is 12.1 Å². The number of aryl methyl sites for hydroxylation is 2. The van der Waals surface area contributed by atoms with Gasteiger partial charge >= 0.3 is 0 Å². The van der Waals surface area contributed by atoms with Crippen LogP contribution in [-0.2, 0) is 21.5 Å². The largest absolute Gasteiger partial charge is 0.349 e. The summed E-state index contributed by atoms with van der Waals surface area (Å²) in [6.45, 7) is 8.31. The molecule has 28 heavy (non-hydrogen) atoms. The third-order valence-corrected chi connectivity index (χ3v) is 8.00. The Balaban J connectivity index is 1.49. The maximum absolute atomic E-state index is 12.9. The normalized spacial score (nSPS) is 20.3. The van der Waals surface area contributed by atoms with Gasteiger partial charge in [0, 0.05) is 63.6 Å². The highest BCUT2D eigenvalue weighted by molar-refractivity contribution is 7.86. The van der Waals surface area contributed by atoms with E-state index in [-0.39, 0.29) is 5.91 Å². The Hall–Kier alpha value is -1.38. The fourth-order valence-electron chi connectivity index (χ4n) is 4.23. The van der Waals surface area contributed by atoms with Crippen molar-refractivity contribution in [1.82, 2.24) is 18.1 Å². The molecule has 7 nitrogen and oxygen atoms in total. The van der Waals surface area contributed by atoms with Gasteiger partial charge in [0.2, 0.25) is 5.91 Å². The minimum Gasteiger partial charge on any atom is -0.349 e. The summed E-state index contributed by atoms with van der Waals surface area (Å²) in [5, 5.41) is 0. The van der Waals surface area contributed by atoms with Crippen LogP contribution in [0.1, 0.15) is 49.9 Å². The van der Waals surface area contributed by atoms with Crippen molar-refractivity contribution < 1.29 is 13.2 Å². The fraction of sp³-hybridized carbons (Fsp3) is 0.750. The molecule has 1 aromatic rings. The predicted octanol–water partition coefficient (Wildman–Crippen LogP) is 2.15. The van der Waals surface area contributed by atoms with Gasteiger partial charge in [0.15, 0.2) is 0 Å². The first-order valence-corrected chi connectivity index (χ1v) is 11.9. The summed E-state index contributed by atoms with van der Waals surface area (Å²) in [7, 11) is -3.39. The van der Waals surface area contributed by atoms with Gasteiger partial charge in [-0.1, -0.05) is 6.42 Å². The maximum Gasteiger partial charge on any atom is 0.282 e. The topological polar surface area (TPSA) is 65.9 Å². The van der Waals surface area contributed by atoms with E-state index in [2.05, 4.69) is 30.5 Å². The number of hydrogen-bond acceptors (Lipinski definition) is 3. The molecule has 1 amide bonds. The lowest BCUT2D eigenvalue weighted by molar-refractivity contribution is -0.131. The predicted molar refractivity (Wildman–Crippen MR) is 110 cm³/mol. The van der Waals surface area contributed by atoms with Gasteiger partial charge in [0.1, 0.15) is 0 Å². The summed E-state index contributed by atoms with van der Waals surface area (Å²) in [6, 6.07) is 4.20. The van der Waals surface area contributed by atoms with Crippen LogP contribution >= 0.6 is 0 Å². The Labute approximate surface area is 169 Å². The molecule has 3 rings (SSSR count). The molecule has 158 valence electrons. The van der Waals surface area contributed by atoms with Crippen molar-refractivity contribution in [2.75, 3.05) is 39.3 Å². The van der Waals surface area contributed by atoms with E-state index in [4.69, 9.17) is 0 Å². The van der Waals surface area contributed by atoms with E-state index >= 15 is 0 Å². The Bertz CT molecular complexity index is 749. The van der Waals surface area contributed by atoms with E-state index in [1.807, 2.05) is 4.90 Å². The molecular weight excluding hydrogens is 376 g/mol. The summed E-state index contributed by atoms with van der Waals surface area (Å²) in [5.41, 5.74) is 2.44. The highest BCUT2D eigenvalue weighted by atomic mass is 32.2. The zero-order valence-electron chi connectivity index (χ0n) is 17.3. The van der Waals surface area contributed by atoms with Crippen LogP contribution in [0.2, 0.25) is 0 Å². The molecule has 0 atom stereocenters. The molecule has 1 aromatic heterocycles. The molecule has 0 radical (unpaired) electrons. The van der Waals surface area contributed by atoms with Crippen LogP contribution in [0, 0.1) is 13.8 Å². The van der Waals surface area contributed by atoms with Crippen molar-refractivity contribution in [3.05, 3.63) is 23.5 Å². The summed E-state index contributed by atoms with van der Waals surface area (Å²) in [4.78, 5) is 14.5. The molecule has 3 heterocycles. The van der Waals surface area contributed by atoms with E-state index < -0.39 is 10.2 Å². The lowest BCUT2D eigenvalue weighted by Gasteiger charge is -2.31. The van der Waals surface area contributed by atoms with Gasteiger partial charge in [-0.3, -0.25) is 4.79 Å². The van der Waals surface area contributed by atoms with Crippen LogP contribution in [-0.4, -0.2) is 71.7 Å². The monoisotopic (exact) mass is 410 g/mol. The van der Waals surface area contributed by atoms with Crippen molar-refractivity contribution in [3.8, 4) is 0 Å². The number of aromatic nitrogens is 1. The minimum absolute atomic E-state index is 0.139. The summed E-state index contributed by atoms with van der Waals surface area (Å²) in [5.74, 6) is 0.139. The molecule has 2 aliphatic rings. The van der Waals surface area contributed by atoms with Gasteiger partial charge in [0.05, 0.1) is 0 Å². The zero-order valence-corrected chi connectivity index (χ0v) is 18.1. The highest BCUT2D eigenvalue weighted by Gasteiger charge is 2.32. The third kappa shape index (κ3) is 4.96. The molecular formula is C20H34N4O3S. The van der Waals surface area contributed by atoms with E-state index in [9.17, 15) is 13.2 Å². The second kappa shape index (κ2) is 9.41. The number of hydrogen-bond donors (Lipinski definition) is 0. The summed E-state index contributed by atoms with van der Waals surface area (Å²) >= 11 is 0. The molecule has 0 aliphatic carbocycles. The number of piperidine rings is 1. The van der Waals surface area contributed by atoms with Crippen molar-refractivity contribution >= 4 is 16.1 Å². The van der Waals surface area contributed by atoms with Crippen molar-refractivity contribution in [2.24, 2.45) is 0 Å². The smallest absolute Gasteiger partial charge is 0.282 e. The number of nitrogens with zero attached hydrogens (tertiary/aromatic N) is 4. The molecule has 0 spiro atoms. The lowest BCUT2D eigenvalue weighted by Crippen LogP contribution is -2.47. The number of amides is 1. The van der Waals surface area contributed by atoms with Gasteiger partial charge in [-0.05, 0) is 51.7 Å². The molecule has 2 fully saturated rings. The summed E-state index contributed by atoms with van der Waals surface area (Å²) in [6.07, 6.45) is 5.01. The van der Waals surface area contributed by atoms with E-state index in [0.717, 1.165) is 32.2 Å². The Morgan fingerprint density at radius 2 is 1.46 bits per heavy atom. The number of carbonyl (C=O) groups excluding carboxylic acids is 1. The SMILES string of the molecule is Cc1ccc(C)n1CCCC(=O)N1CCCN(S(=O)(=O)N2CCCCC2)CC1. The quantitative estimate of drug-likeness (QED) is 0.722. The molecule has 0 bridgehead atoms. The molecule has 0 aromatic carbocycles. The first-order valence-electron chi connectivity index (χ1n) is 10.6. The number of rotatable bonds is 6. The Morgan fingerprint density at radius 1 is 0.857 bits per heavy atom. The van der Waals surface area contributed by atoms with Gasteiger partial charge in [0.25, 0.3) is 10.2 Å². The molecule has 8 heteroatoms. The lowest BCUT2D eigenvalue weighted by atomic mass is 10.2. The van der Waals surface area contributed by atoms with Gasteiger partial charge in [-0.25, -0.2) is 0 Å². The van der Waals surface area contributed by atoms with E-state index in [1.54, 1.807) is 8.61 Å². The van der Waals surface area contributed by atoms with Crippen molar-refractivity contribution in [1.29, 1.82) is 0 Å². The maximum atomic E-state index is 12.9.